The number of nitrogens with zero attached hydrogens (tertiary/aromatic N) is 4. The number of carbonyl (C=O) groups is 10. The van der Waals surface area contributed by atoms with Crippen molar-refractivity contribution < 1.29 is 63.3 Å². The molecule has 6 fully saturated rings. The van der Waals surface area contributed by atoms with Crippen molar-refractivity contribution in [3.05, 3.63) is 85.5 Å². The smallest absolute Gasteiger partial charge is 0.326 e. The van der Waals surface area contributed by atoms with Crippen LogP contribution in [-0.4, -0.2) is 181 Å². The number of piperidine rings is 2. The molecule has 4 heterocycles. The third-order valence-electron chi connectivity index (χ3n) is 21.2. The van der Waals surface area contributed by atoms with Crippen LogP contribution in [0.15, 0.2) is 74.1 Å². The van der Waals surface area contributed by atoms with Crippen molar-refractivity contribution >= 4 is 71.5 Å². The number of aliphatic hydroxyl groups is 2. The van der Waals surface area contributed by atoms with Crippen LogP contribution in [0.3, 0.4) is 0 Å². The second-order valence-electron chi connectivity index (χ2n) is 31.2. The predicted molar refractivity (Wildman–Crippen MR) is 382 cm³/mol. The van der Waals surface area contributed by atoms with Gasteiger partial charge in [0, 0.05) is 50.5 Å². The van der Waals surface area contributed by atoms with Crippen LogP contribution in [0.1, 0.15) is 194 Å². The largest absolute Gasteiger partial charge is 0.480 e. The molecule has 6 aliphatic rings. The van der Waals surface area contributed by atoms with E-state index in [1.54, 1.807) is 47.4 Å². The average molecular weight is 1420 g/mol. The van der Waals surface area contributed by atoms with E-state index in [1.807, 2.05) is 69.2 Å². The molecule has 556 valence electrons. The Bertz CT molecular complexity index is 3150. The molecule has 26 heteroatoms. The third-order valence-corrected chi connectivity index (χ3v) is 21.2. The van der Waals surface area contributed by atoms with Crippen LogP contribution < -0.4 is 43.0 Å². The fourth-order valence-electron chi connectivity index (χ4n) is 15.2. The van der Waals surface area contributed by atoms with Gasteiger partial charge in [-0.25, -0.2) is 4.79 Å². The maximum absolute atomic E-state index is 14.5. The highest BCUT2D eigenvalue weighted by Crippen LogP contribution is 2.66. The zero-order chi connectivity index (χ0) is 73.5. The van der Waals surface area contributed by atoms with Gasteiger partial charge in [0.1, 0.15) is 53.7 Å². The lowest BCUT2D eigenvalue weighted by Crippen LogP contribution is -2.63. The van der Waals surface area contributed by atoms with Gasteiger partial charge in [-0.1, -0.05) is 159 Å². The van der Waals surface area contributed by atoms with E-state index in [-0.39, 0.29) is 88.5 Å². The molecule has 14 atom stereocenters. The second-order valence-corrected chi connectivity index (χ2v) is 31.2. The van der Waals surface area contributed by atoms with Crippen molar-refractivity contribution in [3.8, 4) is 0 Å². The number of pyridine rings is 2. The zero-order valence-electron chi connectivity index (χ0n) is 60.9. The number of carboxylic acids is 1. The van der Waals surface area contributed by atoms with E-state index < -0.39 is 119 Å². The van der Waals surface area contributed by atoms with Crippen molar-refractivity contribution in [3.63, 3.8) is 0 Å². The Morgan fingerprint density at radius 1 is 0.580 bits per heavy atom. The number of fused-ring (bicyclic) bond motifs is 2. The number of halogens is 1. The van der Waals surface area contributed by atoms with Crippen LogP contribution in [0, 0.1) is 57.2 Å². The molecular formula is C74H115ClN12O13. The summed E-state index contributed by atoms with van der Waals surface area (Å²) in [6, 6.07) is 3.39. The van der Waals surface area contributed by atoms with Crippen LogP contribution in [-0.2, 0) is 38.4 Å². The number of aliphatic hydroxyl groups excluding tert-OH is 2. The fraction of sp³-hybridized carbons (Fsp3) is 0.676. The molecule has 0 bridgehead atoms. The SMILES string of the molecule is C=CCNC(=O)C(O)C(CCC)NC(=O)[C@@H]1[C@@H]2[C@H](CN1C(=O)[C@@H](NC(=O)[C@@H](NC(=O)c1ccccn1)C1CCCCC1)C(C)(C)C)C2(C)C.C=CCNC(=O)C(O)[C@@H](N)CCC.CC(C)(C)[C@H](NC(=O)[C@@H](NC(=O)c1ccccn1)C1CCCCC1)C(=O)N1C[C@H]2[C@@H]([C@H]1C(=O)O)C2(C)C.Cl. The first kappa shape index (κ1) is 83.3. The Hall–Kier alpha value is -7.35. The van der Waals surface area contributed by atoms with Gasteiger partial charge in [-0.05, 0) is 114 Å². The Morgan fingerprint density at radius 2 is 0.970 bits per heavy atom. The van der Waals surface area contributed by atoms with E-state index in [4.69, 9.17) is 5.73 Å². The molecule has 2 aliphatic heterocycles. The van der Waals surface area contributed by atoms with Crippen molar-refractivity contribution in [2.75, 3.05) is 26.2 Å². The van der Waals surface area contributed by atoms with E-state index in [0.717, 1.165) is 70.6 Å². The lowest BCUT2D eigenvalue weighted by atomic mass is 9.82. The maximum Gasteiger partial charge on any atom is 0.326 e. The molecule has 2 saturated heterocycles. The summed E-state index contributed by atoms with van der Waals surface area (Å²) in [7, 11) is 0. The van der Waals surface area contributed by atoms with E-state index in [1.165, 1.54) is 23.4 Å². The first-order chi connectivity index (χ1) is 46.6. The Labute approximate surface area is 597 Å². The first-order valence-corrected chi connectivity index (χ1v) is 35.7. The number of likely N-dealkylation sites (tertiary alicyclic amines) is 2. The highest BCUT2D eigenvalue weighted by molar-refractivity contribution is 6.00. The summed E-state index contributed by atoms with van der Waals surface area (Å²) in [4.78, 5) is 144. The number of nitrogens with one attached hydrogen (secondary N) is 7. The lowest BCUT2D eigenvalue weighted by molar-refractivity contribution is -0.153. The number of aromatic nitrogens is 2. The molecule has 8 rings (SSSR count). The van der Waals surface area contributed by atoms with Gasteiger partial charge < -0.3 is 68.1 Å². The molecular weight excluding hydrogens is 1300 g/mol. The van der Waals surface area contributed by atoms with Gasteiger partial charge >= 0.3 is 5.97 Å². The van der Waals surface area contributed by atoms with Crippen molar-refractivity contribution in [1.82, 2.24) is 57.0 Å². The average Bonchev–Trinajstić information content (AvgIpc) is 1.53. The van der Waals surface area contributed by atoms with Crippen molar-refractivity contribution in [2.45, 2.75) is 234 Å². The molecule has 25 nitrogen and oxygen atoms in total. The van der Waals surface area contributed by atoms with E-state index >= 15 is 0 Å². The number of carbonyl (C=O) groups excluding carboxylic acids is 9. The molecule has 2 aromatic heterocycles. The number of rotatable bonds is 27. The minimum Gasteiger partial charge on any atom is -0.480 e. The Morgan fingerprint density at radius 3 is 1.33 bits per heavy atom. The van der Waals surface area contributed by atoms with Crippen LogP contribution in [0.4, 0.5) is 0 Å². The van der Waals surface area contributed by atoms with Gasteiger partial charge in [-0.15, -0.1) is 25.6 Å². The molecule has 9 amide bonds. The zero-order valence-corrected chi connectivity index (χ0v) is 61.7. The summed E-state index contributed by atoms with van der Waals surface area (Å²) in [5, 5.41) is 49.9. The van der Waals surface area contributed by atoms with E-state index in [0.29, 0.717) is 38.9 Å². The maximum atomic E-state index is 14.5. The minimum absolute atomic E-state index is 0. The number of hydrogen-bond acceptors (Lipinski definition) is 15. The van der Waals surface area contributed by atoms with Gasteiger partial charge in [-0.3, -0.25) is 53.1 Å². The van der Waals surface area contributed by atoms with Gasteiger partial charge in [0.05, 0.1) is 6.04 Å². The van der Waals surface area contributed by atoms with Gasteiger partial charge in [0.2, 0.25) is 29.5 Å². The number of carboxylic acid groups (broad SMARTS) is 1. The normalized spacial score (nSPS) is 23.5. The standard InChI is InChI=1S/C37H56N6O6.C28H40N4O5.C9H18N2O2.ClH/c1-8-15-24(29(44)34(48)39-19-9-2)40-33(47)28-26-23(37(26,6)7)21-43(28)35(49)30(36(3,4)5)42-32(46)27(22-16-11-10-12-17-22)41-31(45)25-18-13-14-20-38-25;1-27(2,3)22(25(35)32-15-17-19(28(17,4)5)21(32)26(36)37)31-24(34)20(16-11-7-6-8-12-16)30-23(33)18-13-9-10-14-29-18;1-3-5-7(10)8(12)9(13)11-6-4-2;/h9,13-14,18,20,22-24,26-30,44H,2,8,10-12,15-17,19,21H2,1,3-7H3,(H,39,48)(H,40,47)(H,41,45)(H,42,46);9-10,13-14,16-17,19-22H,6-8,11-12,15H2,1-5H3,(H,30,33)(H,31,34)(H,36,37);4,7-8,12H,2-3,5-6,10H2,1H3,(H,11,13);1H/t23-,24?,26-,27-,28-,29?,30+;17-,19-,20-,21-,22+;7-,8?;/m000./s1. The second kappa shape index (κ2) is 36.5. The Kier molecular flexibility index (Phi) is 30.4. The summed E-state index contributed by atoms with van der Waals surface area (Å²) in [5.74, 6) is -5.09. The monoisotopic (exact) mass is 1410 g/mol. The Balaban J connectivity index is 0.000000311. The van der Waals surface area contributed by atoms with Crippen LogP contribution >= 0.6 is 12.4 Å². The summed E-state index contributed by atoms with van der Waals surface area (Å²) in [5.41, 5.74) is 4.31. The van der Waals surface area contributed by atoms with Gasteiger partial charge in [-0.2, -0.15) is 0 Å². The summed E-state index contributed by atoms with van der Waals surface area (Å²) in [6.45, 7) is 31.5. The lowest BCUT2D eigenvalue weighted by Gasteiger charge is -2.39. The molecule has 4 saturated carbocycles. The number of nitrogens with two attached hydrogens (primary N) is 1. The van der Waals surface area contributed by atoms with Gasteiger partial charge in [0.25, 0.3) is 23.6 Å². The molecule has 4 aliphatic carbocycles. The van der Waals surface area contributed by atoms with Crippen molar-refractivity contribution in [1.29, 1.82) is 0 Å². The topological polar surface area (TPSA) is 374 Å². The highest BCUT2D eigenvalue weighted by Gasteiger charge is 2.71. The summed E-state index contributed by atoms with van der Waals surface area (Å²) < 4.78 is 0. The number of amides is 9. The molecule has 0 aromatic carbocycles. The van der Waals surface area contributed by atoms with Gasteiger partial charge in [0.15, 0.2) is 6.10 Å². The summed E-state index contributed by atoms with van der Waals surface area (Å²) >= 11 is 0. The highest BCUT2D eigenvalue weighted by atomic mass is 35.5. The summed E-state index contributed by atoms with van der Waals surface area (Å²) in [6.07, 6.45) is 15.1. The number of aliphatic carboxylic acids is 1. The fourth-order valence-corrected chi connectivity index (χ4v) is 15.2. The quantitative estimate of drug-likeness (QED) is 0.0472. The van der Waals surface area contributed by atoms with Crippen LogP contribution in [0.25, 0.3) is 0 Å². The molecule has 2 aromatic rings. The van der Waals surface area contributed by atoms with Crippen LogP contribution in [0.2, 0.25) is 0 Å². The van der Waals surface area contributed by atoms with Crippen molar-refractivity contribution in [2.24, 2.45) is 62.9 Å². The molecule has 100 heavy (non-hydrogen) atoms. The van der Waals surface area contributed by atoms with E-state index in [9.17, 15) is 63.3 Å². The molecule has 12 N–H and O–H groups in total. The molecule has 0 spiro atoms. The minimum atomic E-state index is -1.47. The first-order valence-electron chi connectivity index (χ1n) is 35.7. The predicted octanol–water partition coefficient (Wildman–Crippen LogP) is 5.78. The number of hydrogen-bond donors (Lipinski definition) is 11. The van der Waals surface area contributed by atoms with Crippen LogP contribution in [0.5, 0.6) is 0 Å². The molecule has 0 radical (unpaired) electrons. The van der Waals surface area contributed by atoms with E-state index in [2.05, 4.69) is 74.2 Å². The third kappa shape index (κ3) is 20.9. The molecule has 3 unspecified atom stereocenters.